The summed E-state index contributed by atoms with van der Waals surface area (Å²) in [6.45, 7) is 1.75. The van der Waals surface area contributed by atoms with E-state index in [2.05, 4.69) is 10.3 Å². The van der Waals surface area contributed by atoms with Crippen LogP contribution in [0.25, 0.3) is 0 Å². The second kappa shape index (κ2) is 6.98. The maximum Gasteiger partial charge on any atom is 0.270 e. The van der Waals surface area contributed by atoms with Crippen molar-refractivity contribution in [3.63, 3.8) is 0 Å². The topological polar surface area (TPSA) is 62.2 Å². The number of hydrogen-bond donors (Lipinski definition) is 2. The van der Waals surface area contributed by atoms with Crippen LogP contribution in [0.1, 0.15) is 32.7 Å². The van der Waals surface area contributed by atoms with Crippen molar-refractivity contribution in [2.24, 2.45) is 0 Å². The molecule has 7 heteroatoms. The number of amides is 1. The molecule has 0 aliphatic rings. The van der Waals surface area contributed by atoms with Crippen LogP contribution in [0.3, 0.4) is 0 Å². The van der Waals surface area contributed by atoms with Gasteiger partial charge in [0.05, 0.1) is 6.04 Å². The van der Waals surface area contributed by atoms with Gasteiger partial charge in [-0.15, -0.1) is 11.3 Å². The molecule has 4 nitrogen and oxygen atoms in total. The molecule has 0 saturated carbocycles. The van der Waals surface area contributed by atoms with Crippen molar-refractivity contribution in [2.75, 3.05) is 0 Å². The molecule has 1 unspecified atom stereocenters. The third kappa shape index (κ3) is 3.83. The lowest BCUT2D eigenvalue weighted by Crippen LogP contribution is -2.29. The smallest absolute Gasteiger partial charge is 0.270 e. The highest BCUT2D eigenvalue weighted by atomic mass is 32.1. The van der Waals surface area contributed by atoms with E-state index in [-0.39, 0.29) is 17.0 Å². The number of carbonyl (C=O) groups is 1. The van der Waals surface area contributed by atoms with E-state index in [1.54, 1.807) is 25.1 Å². The summed E-state index contributed by atoms with van der Waals surface area (Å²) in [5, 5.41) is 12.3. The molecule has 0 aliphatic heterocycles. The molecule has 0 aliphatic carbocycles. The van der Waals surface area contributed by atoms with Gasteiger partial charge < -0.3 is 10.4 Å². The first kappa shape index (κ1) is 17.0. The van der Waals surface area contributed by atoms with Crippen molar-refractivity contribution < 1.29 is 18.7 Å². The van der Waals surface area contributed by atoms with Gasteiger partial charge in [-0.1, -0.05) is 6.07 Å². The number of pyridine rings is 1. The normalized spacial score (nSPS) is 12.0. The number of aryl methyl sites for hydroxylation is 1. The number of hydrogen-bond acceptors (Lipinski definition) is 4. The van der Waals surface area contributed by atoms with Gasteiger partial charge in [-0.2, -0.15) is 4.39 Å². The molecular weight excluding hydrogens is 346 g/mol. The Labute approximate surface area is 146 Å². The molecule has 1 atom stereocenters. The van der Waals surface area contributed by atoms with Crippen molar-refractivity contribution in [1.29, 1.82) is 0 Å². The van der Waals surface area contributed by atoms with E-state index in [4.69, 9.17) is 0 Å². The van der Waals surface area contributed by atoms with Gasteiger partial charge in [0, 0.05) is 16.1 Å². The van der Waals surface area contributed by atoms with Gasteiger partial charge >= 0.3 is 0 Å². The number of rotatable bonds is 4. The molecule has 0 spiro atoms. The number of nitrogens with zero attached hydrogens (tertiary/aromatic N) is 1. The van der Waals surface area contributed by atoms with Crippen LogP contribution in [0.2, 0.25) is 0 Å². The summed E-state index contributed by atoms with van der Waals surface area (Å²) >= 11 is 0.810. The number of phenols is 1. The van der Waals surface area contributed by atoms with E-state index >= 15 is 0 Å². The Morgan fingerprint density at radius 3 is 2.68 bits per heavy atom. The van der Waals surface area contributed by atoms with Gasteiger partial charge in [0.2, 0.25) is 0 Å². The Kier molecular flexibility index (Phi) is 4.76. The van der Waals surface area contributed by atoms with Gasteiger partial charge in [-0.3, -0.25) is 4.79 Å². The first-order valence-electron chi connectivity index (χ1n) is 7.42. The molecule has 0 fully saturated rings. The summed E-state index contributed by atoms with van der Waals surface area (Å²) in [5.41, 5.74) is 0.987. The van der Waals surface area contributed by atoms with E-state index in [0.29, 0.717) is 10.6 Å². The molecule has 2 N–H and O–H groups in total. The SMILES string of the molecule is Cc1cccc(C(=O)NC(c2ccc(F)s2)c2cc(F)ccc2O)n1. The second-order valence-corrected chi connectivity index (χ2v) is 6.48. The predicted octanol–water partition coefficient (Wildman–Crippen LogP) is 3.95. The quantitative estimate of drug-likeness (QED) is 0.740. The number of aromatic hydroxyl groups is 1. The molecule has 0 saturated heterocycles. The van der Waals surface area contributed by atoms with Gasteiger partial charge in [0.15, 0.2) is 5.13 Å². The Balaban J connectivity index is 2.00. The molecular formula is C18H14F2N2O2S. The molecule has 128 valence electrons. The van der Waals surface area contributed by atoms with Crippen LogP contribution < -0.4 is 5.32 Å². The third-order valence-electron chi connectivity index (χ3n) is 3.58. The monoisotopic (exact) mass is 360 g/mol. The van der Waals surface area contributed by atoms with Gasteiger partial charge in [0.25, 0.3) is 5.91 Å². The van der Waals surface area contributed by atoms with E-state index < -0.39 is 22.9 Å². The van der Waals surface area contributed by atoms with Crippen LogP contribution in [0.4, 0.5) is 8.78 Å². The molecule has 2 aromatic heterocycles. The van der Waals surface area contributed by atoms with Crippen LogP contribution >= 0.6 is 11.3 Å². The van der Waals surface area contributed by atoms with Crippen molar-refractivity contribution in [1.82, 2.24) is 10.3 Å². The van der Waals surface area contributed by atoms with Crippen molar-refractivity contribution in [3.05, 3.63) is 81.3 Å². The van der Waals surface area contributed by atoms with E-state index in [0.717, 1.165) is 23.5 Å². The Hall–Kier alpha value is -2.80. The highest BCUT2D eigenvalue weighted by Crippen LogP contribution is 2.33. The van der Waals surface area contributed by atoms with E-state index in [1.165, 1.54) is 18.2 Å². The van der Waals surface area contributed by atoms with Crippen molar-refractivity contribution in [2.45, 2.75) is 13.0 Å². The Morgan fingerprint density at radius 2 is 2.00 bits per heavy atom. The number of carbonyl (C=O) groups excluding carboxylic acids is 1. The number of thiophene rings is 1. The van der Waals surface area contributed by atoms with Crippen LogP contribution in [0, 0.1) is 17.9 Å². The largest absolute Gasteiger partial charge is 0.508 e. The zero-order valence-corrected chi connectivity index (χ0v) is 14.0. The van der Waals surface area contributed by atoms with E-state index in [1.807, 2.05) is 0 Å². The standard InChI is InChI=1S/C18H14F2N2O2S/c1-10-3-2-4-13(21-10)18(24)22-17(15-7-8-16(20)25-15)12-9-11(19)5-6-14(12)23/h2-9,17,23H,1H3,(H,22,24). The molecule has 0 radical (unpaired) electrons. The molecule has 0 bridgehead atoms. The fraction of sp³-hybridized carbons (Fsp3) is 0.111. The fourth-order valence-corrected chi connectivity index (χ4v) is 3.22. The number of benzene rings is 1. The van der Waals surface area contributed by atoms with Crippen molar-refractivity contribution >= 4 is 17.2 Å². The van der Waals surface area contributed by atoms with Crippen molar-refractivity contribution in [3.8, 4) is 5.75 Å². The zero-order chi connectivity index (χ0) is 18.0. The maximum atomic E-state index is 13.6. The number of nitrogens with one attached hydrogen (secondary N) is 1. The average Bonchev–Trinajstić information content (AvgIpc) is 3.01. The summed E-state index contributed by atoms with van der Waals surface area (Å²) in [6.07, 6.45) is 0. The van der Waals surface area contributed by atoms with E-state index in [9.17, 15) is 18.7 Å². The second-order valence-electron chi connectivity index (χ2n) is 5.42. The molecule has 2 heterocycles. The van der Waals surface area contributed by atoms with Crippen LogP contribution in [-0.2, 0) is 0 Å². The Morgan fingerprint density at radius 1 is 1.20 bits per heavy atom. The Bertz CT molecular complexity index is 927. The summed E-state index contributed by atoms with van der Waals surface area (Å²) in [4.78, 5) is 17.1. The van der Waals surface area contributed by atoms with Gasteiger partial charge in [0.1, 0.15) is 17.3 Å². The summed E-state index contributed by atoms with van der Waals surface area (Å²) in [5.74, 6) is -1.28. The number of halogens is 2. The zero-order valence-electron chi connectivity index (χ0n) is 13.2. The van der Waals surface area contributed by atoms with Crippen LogP contribution in [0.5, 0.6) is 5.75 Å². The van der Waals surface area contributed by atoms with Gasteiger partial charge in [-0.25, -0.2) is 9.37 Å². The third-order valence-corrected chi connectivity index (χ3v) is 4.51. The van der Waals surface area contributed by atoms with Crippen LogP contribution in [0.15, 0.2) is 48.5 Å². The molecule has 1 amide bonds. The lowest BCUT2D eigenvalue weighted by atomic mass is 10.0. The lowest BCUT2D eigenvalue weighted by Gasteiger charge is -2.19. The lowest BCUT2D eigenvalue weighted by molar-refractivity contribution is 0.0938. The fourth-order valence-electron chi connectivity index (χ4n) is 2.42. The summed E-state index contributed by atoms with van der Waals surface area (Å²) in [6, 6.07) is 10.2. The molecule has 3 rings (SSSR count). The minimum Gasteiger partial charge on any atom is -0.508 e. The summed E-state index contributed by atoms with van der Waals surface area (Å²) in [7, 11) is 0. The highest BCUT2D eigenvalue weighted by Gasteiger charge is 2.23. The maximum absolute atomic E-state index is 13.6. The number of aromatic nitrogens is 1. The number of phenolic OH excluding ortho intramolecular Hbond substituents is 1. The van der Waals surface area contributed by atoms with Crippen LogP contribution in [-0.4, -0.2) is 16.0 Å². The predicted molar refractivity (Wildman–Crippen MR) is 90.6 cm³/mol. The molecule has 1 aromatic carbocycles. The molecule has 3 aromatic rings. The minimum atomic E-state index is -0.903. The summed E-state index contributed by atoms with van der Waals surface area (Å²) < 4.78 is 27.1. The molecule has 25 heavy (non-hydrogen) atoms. The van der Waals surface area contributed by atoms with Gasteiger partial charge in [-0.05, 0) is 49.4 Å². The highest BCUT2D eigenvalue weighted by molar-refractivity contribution is 7.10. The average molecular weight is 360 g/mol. The minimum absolute atomic E-state index is 0.142. The first-order valence-corrected chi connectivity index (χ1v) is 8.24. The first-order chi connectivity index (χ1) is 11.9.